The first kappa shape index (κ1) is 17.9. The summed E-state index contributed by atoms with van der Waals surface area (Å²) in [6.07, 6.45) is -5.60. The summed E-state index contributed by atoms with van der Waals surface area (Å²) in [5.41, 5.74) is 2.38. The van der Waals surface area contributed by atoms with Crippen molar-refractivity contribution >= 4 is 0 Å². The molecule has 0 aliphatic heterocycles. The molecule has 0 spiro atoms. The van der Waals surface area contributed by atoms with E-state index in [0.717, 1.165) is 0 Å². The van der Waals surface area contributed by atoms with Gasteiger partial charge in [0.05, 0.1) is 0 Å². The normalized spacial score (nSPS) is 14.4. The van der Waals surface area contributed by atoms with Crippen molar-refractivity contribution in [3.63, 3.8) is 0 Å². The Morgan fingerprint density at radius 1 is 0.952 bits per heavy atom. The molecule has 1 atom stereocenters. The molecule has 0 amide bonds. The van der Waals surface area contributed by atoms with Gasteiger partial charge in [-0.05, 0) is 62.1 Å². The van der Waals surface area contributed by atoms with Crippen molar-refractivity contribution in [1.29, 1.82) is 0 Å². The van der Waals surface area contributed by atoms with Crippen LogP contribution in [0, 0.1) is 27.7 Å². The van der Waals surface area contributed by atoms with Gasteiger partial charge >= 0.3 is 12.1 Å². The van der Waals surface area contributed by atoms with E-state index in [2.05, 4.69) is 5.32 Å². The van der Waals surface area contributed by atoms with Gasteiger partial charge in [-0.2, -0.15) is 22.0 Å². The standard InChI is InChI=1S/C15H20F5N/c1-6-21-13(14(16,17)15(18,19)20)12-10(4)8(2)7-9(3)11(12)5/h7,13,21H,6H2,1-5H3. The van der Waals surface area contributed by atoms with Crippen molar-refractivity contribution in [3.8, 4) is 0 Å². The third kappa shape index (κ3) is 3.20. The highest BCUT2D eigenvalue weighted by Crippen LogP contribution is 2.46. The van der Waals surface area contributed by atoms with Gasteiger partial charge in [-0.25, -0.2) is 0 Å². The van der Waals surface area contributed by atoms with Crippen LogP contribution in [0.3, 0.4) is 0 Å². The molecular formula is C15H20F5N. The summed E-state index contributed by atoms with van der Waals surface area (Å²) in [6.45, 7) is 8.09. The third-order valence-corrected chi connectivity index (χ3v) is 3.86. The second-order valence-corrected chi connectivity index (χ2v) is 5.29. The van der Waals surface area contributed by atoms with Crippen molar-refractivity contribution in [2.24, 2.45) is 0 Å². The lowest BCUT2D eigenvalue weighted by Crippen LogP contribution is -2.48. The molecule has 0 heterocycles. The number of halogens is 5. The van der Waals surface area contributed by atoms with Crippen LogP contribution in [0.2, 0.25) is 0 Å². The SMILES string of the molecule is CCNC(c1c(C)c(C)cc(C)c1C)C(F)(F)C(F)(F)F. The Labute approximate surface area is 121 Å². The van der Waals surface area contributed by atoms with E-state index in [4.69, 9.17) is 0 Å². The summed E-state index contributed by atoms with van der Waals surface area (Å²) < 4.78 is 66.1. The van der Waals surface area contributed by atoms with Gasteiger partial charge in [0.2, 0.25) is 0 Å². The molecule has 1 aromatic rings. The monoisotopic (exact) mass is 309 g/mol. The van der Waals surface area contributed by atoms with Gasteiger partial charge in [0.15, 0.2) is 0 Å². The molecule has 120 valence electrons. The quantitative estimate of drug-likeness (QED) is 0.790. The third-order valence-electron chi connectivity index (χ3n) is 3.86. The van der Waals surface area contributed by atoms with E-state index in [1.807, 2.05) is 0 Å². The second kappa shape index (κ2) is 5.91. The highest BCUT2D eigenvalue weighted by atomic mass is 19.4. The molecule has 0 bridgehead atoms. The summed E-state index contributed by atoms with van der Waals surface area (Å²) in [5.74, 6) is -4.83. The van der Waals surface area contributed by atoms with Gasteiger partial charge < -0.3 is 5.32 Å². The molecule has 0 radical (unpaired) electrons. The fourth-order valence-electron chi connectivity index (χ4n) is 2.46. The van der Waals surface area contributed by atoms with E-state index in [1.54, 1.807) is 33.8 Å². The maximum absolute atomic E-state index is 13.9. The minimum Gasteiger partial charge on any atom is -0.305 e. The number of nitrogens with one attached hydrogen (secondary N) is 1. The number of hydrogen-bond acceptors (Lipinski definition) is 1. The molecule has 1 unspecified atom stereocenters. The van der Waals surface area contributed by atoms with Crippen LogP contribution in [0.1, 0.15) is 40.8 Å². The smallest absolute Gasteiger partial charge is 0.305 e. The average Bonchev–Trinajstić information content (AvgIpc) is 2.34. The Morgan fingerprint density at radius 3 is 1.71 bits per heavy atom. The van der Waals surface area contributed by atoms with Crippen LogP contribution in [0.5, 0.6) is 0 Å². The van der Waals surface area contributed by atoms with Crippen LogP contribution in [-0.4, -0.2) is 18.6 Å². The van der Waals surface area contributed by atoms with Crippen LogP contribution in [-0.2, 0) is 0 Å². The van der Waals surface area contributed by atoms with E-state index >= 15 is 0 Å². The average molecular weight is 309 g/mol. The van der Waals surface area contributed by atoms with E-state index in [9.17, 15) is 22.0 Å². The number of rotatable bonds is 4. The molecule has 21 heavy (non-hydrogen) atoms. The zero-order chi connectivity index (χ0) is 16.6. The zero-order valence-electron chi connectivity index (χ0n) is 12.8. The first-order chi connectivity index (χ1) is 9.45. The maximum Gasteiger partial charge on any atom is 0.455 e. The number of alkyl halides is 5. The Kier molecular flexibility index (Phi) is 5.03. The van der Waals surface area contributed by atoms with Crippen LogP contribution >= 0.6 is 0 Å². The van der Waals surface area contributed by atoms with E-state index in [0.29, 0.717) is 22.3 Å². The first-order valence-electron chi connectivity index (χ1n) is 6.70. The van der Waals surface area contributed by atoms with Gasteiger partial charge in [0, 0.05) is 0 Å². The van der Waals surface area contributed by atoms with Gasteiger partial charge in [0.25, 0.3) is 0 Å². The Morgan fingerprint density at radius 2 is 1.38 bits per heavy atom. The largest absolute Gasteiger partial charge is 0.455 e. The van der Waals surface area contributed by atoms with E-state index in [-0.39, 0.29) is 12.1 Å². The molecule has 0 aromatic heterocycles. The molecule has 0 saturated carbocycles. The lowest BCUT2D eigenvalue weighted by molar-refractivity contribution is -0.294. The summed E-state index contributed by atoms with van der Waals surface area (Å²) >= 11 is 0. The lowest BCUT2D eigenvalue weighted by atomic mass is 9.87. The fourth-order valence-corrected chi connectivity index (χ4v) is 2.46. The molecular weight excluding hydrogens is 289 g/mol. The topological polar surface area (TPSA) is 12.0 Å². The molecule has 0 fully saturated rings. The molecule has 6 heteroatoms. The minimum absolute atomic E-state index is 0.0161. The lowest BCUT2D eigenvalue weighted by Gasteiger charge is -2.32. The first-order valence-corrected chi connectivity index (χ1v) is 6.70. The summed E-state index contributed by atoms with van der Waals surface area (Å²) in [7, 11) is 0. The van der Waals surface area contributed by atoms with Crippen LogP contribution in [0.15, 0.2) is 6.07 Å². The van der Waals surface area contributed by atoms with Crippen molar-refractivity contribution in [1.82, 2.24) is 5.32 Å². The van der Waals surface area contributed by atoms with Crippen LogP contribution < -0.4 is 5.32 Å². The van der Waals surface area contributed by atoms with Gasteiger partial charge in [-0.15, -0.1) is 0 Å². The molecule has 1 nitrogen and oxygen atoms in total. The zero-order valence-corrected chi connectivity index (χ0v) is 12.8. The van der Waals surface area contributed by atoms with E-state index in [1.165, 1.54) is 6.92 Å². The predicted molar refractivity (Wildman–Crippen MR) is 72.8 cm³/mol. The molecule has 0 aliphatic rings. The number of hydrogen-bond donors (Lipinski definition) is 1. The molecule has 0 saturated heterocycles. The second-order valence-electron chi connectivity index (χ2n) is 5.29. The number of aryl methyl sites for hydroxylation is 2. The predicted octanol–water partition coefficient (Wildman–Crippen LogP) is 4.77. The van der Waals surface area contributed by atoms with Crippen molar-refractivity contribution in [2.45, 2.75) is 52.8 Å². The van der Waals surface area contributed by atoms with Crippen molar-refractivity contribution in [3.05, 3.63) is 33.9 Å². The number of benzene rings is 1. The van der Waals surface area contributed by atoms with Gasteiger partial charge in [0.1, 0.15) is 6.04 Å². The van der Waals surface area contributed by atoms with Crippen LogP contribution in [0.25, 0.3) is 0 Å². The summed E-state index contributed by atoms with van der Waals surface area (Å²) in [5, 5.41) is 2.31. The molecule has 1 N–H and O–H groups in total. The highest BCUT2D eigenvalue weighted by Gasteiger charge is 2.63. The fraction of sp³-hybridized carbons (Fsp3) is 0.600. The van der Waals surface area contributed by atoms with Gasteiger partial charge in [-0.1, -0.05) is 13.0 Å². The maximum atomic E-state index is 13.9. The van der Waals surface area contributed by atoms with Crippen molar-refractivity contribution < 1.29 is 22.0 Å². The minimum atomic E-state index is -5.60. The highest BCUT2D eigenvalue weighted by molar-refractivity contribution is 5.46. The van der Waals surface area contributed by atoms with E-state index < -0.39 is 18.1 Å². The summed E-state index contributed by atoms with van der Waals surface area (Å²) in [4.78, 5) is 0. The molecule has 1 rings (SSSR count). The summed E-state index contributed by atoms with van der Waals surface area (Å²) in [6, 6.07) is -0.288. The van der Waals surface area contributed by atoms with Crippen LogP contribution in [0.4, 0.5) is 22.0 Å². The van der Waals surface area contributed by atoms with Crippen molar-refractivity contribution in [2.75, 3.05) is 6.54 Å². The Bertz CT molecular complexity index is 494. The molecule has 1 aromatic carbocycles. The Hall–Kier alpha value is -1.17. The van der Waals surface area contributed by atoms with Gasteiger partial charge in [-0.3, -0.25) is 0 Å². The molecule has 0 aliphatic carbocycles. The Balaban J connectivity index is 3.58.